The van der Waals surface area contributed by atoms with Crippen molar-refractivity contribution in [1.29, 1.82) is 0 Å². The third-order valence-electron chi connectivity index (χ3n) is 5.05. The fraction of sp³-hybridized carbons (Fsp3) is 0.350. The minimum atomic E-state index is 0.372. The molecule has 1 saturated heterocycles. The van der Waals surface area contributed by atoms with Crippen LogP contribution < -0.4 is 4.74 Å². The molecule has 1 fully saturated rings. The van der Waals surface area contributed by atoms with E-state index in [2.05, 4.69) is 39.6 Å². The van der Waals surface area contributed by atoms with Crippen LogP contribution in [-0.2, 0) is 13.2 Å². The lowest BCUT2D eigenvalue weighted by Gasteiger charge is -2.24. The van der Waals surface area contributed by atoms with Crippen molar-refractivity contribution >= 4 is 12.2 Å². The Bertz CT molecular complexity index is 935. The molecule has 0 saturated carbocycles. The summed E-state index contributed by atoms with van der Waals surface area (Å²) in [6.07, 6.45) is 2.31. The van der Waals surface area contributed by atoms with E-state index < -0.39 is 0 Å². The molecule has 0 unspecified atom stereocenters. The topological polar surface area (TPSA) is 48.1 Å². The maximum atomic E-state index is 5.60. The molecular formula is C20H23N5OS. The van der Waals surface area contributed by atoms with Crippen LogP contribution >= 0.6 is 12.2 Å². The Kier molecular flexibility index (Phi) is 5.31. The van der Waals surface area contributed by atoms with E-state index in [4.69, 9.17) is 17.0 Å². The number of aromatic nitrogens is 4. The smallest absolute Gasteiger partial charge is 0.217 e. The Morgan fingerprint density at radius 3 is 2.52 bits per heavy atom. The number of methoxy groups -OCH3 is 1. The van der Waals surface area contributed by atoms with E-state index in [1.807, 2.05) is 35.0 Å². The molecule has 7 heteroatoms. The fourth-order valence-electron chi connectivity index (χ4n) is 3.62. The summed E-state index contributed by atoms with van der Waals surface area (Å²) in [5.74, 6) is 0.884. The maximum Gasteiger partial charge on any atom is 0.217 e. The highest BCUT2D eigenvalue weighted by atomic mass is 32.1. The Labute approximate surface area is 164 Å². The number of nitrogens with zero attached hydrogens (tertiary/aromatic N) is 5. The van der Waals surface area contributed by atoms with Gasteiger partial charge in [0.2, 0.25) is 4.77 Å². The van der Waals surface area contributed by atoms with Crippen LogP contribution in [0.4, 0.5) is 0 Å². The lowest BCUT2D eigenvalue weighted by molar-refractivity contribution is 0.188. The maximum absolute atomic E-state index is 5.60. The Balaban J connectivity index is 1.49. The zero-order valence-electron chi connectivity index (χ0n) is 15.4. The van der Waals surface area contributed by atoms with Gasteiger partial charge >= 0.3 is 0 Å². The van der Waals surface area contributed by atoms with Gasteiger partial charge in [-0.1, -0.05) is 42.5 Å². The molecule has 4 rings (SSSR count). The van der Waals surface area contributed by atoms with Crippen molar-refractivity contribution in [3.63, 3.8) is 0 Å². The second-order valence-corrected chi connectivity index (χ2v) is 7.15. The molecule has 0 aliphatic carbocycles. The molecule has 1 atom stereocenters. The lowest BCUT2D eigenvalue weighted by Crippen LogP contribution is -2.27. The molecule has 1 aromatic heterocycles. The summed E-state index contributed by atoms with van der Waals surface area (Å²) in [5.41, 5.74) is 2.47. The van der Waals surface area contributed by atoms with E-state index in [0.29, 0.717) is 24.0 Å². The van der Waals surface area contributed by atoms with Crippen molar-refractivity contribution in [2.45, 2.75) is 32.1 Å². The van der Waals surface area contributed by atoms with Gasteiger partial charge in [-0.3, -0.25) is 4.90 Å². The molecule has 140 valence electrons. The Morgan fingerprint density at radius 1 is 1.04 bits per heavy atom. The monoisotopic (exact) mass is 381 g/mol. The molecule has 3 aromatic rings. The normalized spacial score (nSPS) is 17.3. The van der Waals surface area contributed by atoms with Crippen molar-refractivity contribution in [3.8, 4) is 5.75 Å². The van der Waals surface area contributed by atoms with Gasteiger partial charge in [0.05, 0.1) is 20.3 Å². The van der Waals surface area contributed by atoms with Gasteiger partial charge < -0.3 is 4.74 Å². The van der Waals surface area contributed by atoms with Crippen molar-refractivity contribution < 1.29 is 4.74 Å². The molecule has 0 bridgehead atoms. The molecule has 1 aliphatic heterocycles. The van der Waals surface area contributed by atoms with E-state index in [1.165, 1.54) is 12.0 Å². The Morgan fingerprint density at radius 2 is 1.78 bits per heavy atom. The molecule has 27 heavy (non-hydrogen) atoms. The number of likely N-dealkylation sites (tertiary alicyclic amines) is 1. The van der Waals surface area contributed by atoms with Crippen LogP contribution in [0.1, 0.15) is 30.0 Å². The molecule has 0 spiro atoms. The first-order valence-corrected chi connectivity index (χ1v) is 9.58. The predicted molar refractivity (Wildman–Crippen MR) is 106 cm³/mol. The van der Waals surface area contributed by atoms with Gasteiger partial charge in [-0.15, -0.1) is 0 Å². The van der Waals surface area contributed by atoms with Crippen molar-refractivity contribution in [3.05, 3.63) is 70.5 Å². The zero-order chi connectivity index (χ0) is 18.6. The summed E-state index contributed by atoms with van der Waals surface area (Å²) < 4.78 is 9.52. The first-order valence-electron chi connectivity index (χ1n) is 9.17. The van der Waals surface area contributed by atoms with Crippen molar-refractivity contribution in [1.82, 2.24) is 24.7 Å². The summed E-state index contributed by atoms with van der Waals surface area (Å²) in [5, 5.41) is 8.55. The van der Waals surface area contributed by atoms with Crippen LogP contribution in [0.2, 0.25) is 0 Å². The molecule has 6 nitrogen and oxygen atoms in total. The highest BCUT2D eigenvalue weighted by molar-refractivity contribution is 7.71. The second-order valence-electron chi connectivity index (χ2n) is 6.79. The summed E-state index contributed by atoms with van der Waals surface area (Å²) in [6.45, 7) is 2.33. The van der Waals surface area contributed by atoms with Gasteiger partial charge in [-0.05, 0) is 58.7 Å². The summed E-state index contributed by atoms with van der Waals surface area (Å²) in [6, 6.07) is 18.9. The summed E-state index contributed by atoms with van der Waals surface area (Å²) >= 11 is 5.60. The van der Waals surface area contributed by atoms with E-state index in [9.17, 15) is 0 Å². The molecule has 1 aliphatic rings. The second kappa shape index (κ2) is 8.02. The van der Waals surface area contributed by atoms with Crippen LogP contribution in [-0.4, -0.2) is 38.3 Å². The third kappa shape index (κ3) is 3.94. The van der Waals surface area contributed by atoms with E-state index in [-0.39, 0.29) is 0 Å². The highest BCUT2D eigenvalue weighted by Gasteiger charge is 2.26. The van der Waals surface area contributed by atoms with E-state index >= 15 is 0 Å². The average molecular weight is 382 g/mol. The van der Waals surface area contributed by atoms with Crippen LogP contribution in [0.15, 0.2) is 54.6 Å². The number of benzene rings is 2. The summed E-state index contributed by atoms with van der Waals surface area (Å²) in [4.78, 5) is 2.42. The fourth-order valence-corrected chi connectivity index (χ4v) is 3.82. The van der Waals surface area contributed by atoms with Crippen LogP contribution in [0, 0.1) is 4.77 Å². The number of tetrazole rings is 1. The molecule has 0 radical (unpaired) electrons. The van der Waals surface area contributed by atoms with Gasteiger partial charge in [-0.25, -0.2) is 9.36 Å². The van der Waals surface area contributed by atoms with Crippen molar-refractivity contribution in [2.75, 3.05) is 13.7 Å². The first-order chi connectivity index (χ1) is 13.2. The number of hydrogen-bond donors (Lipinski definition) is 0. The molecule has 2 aromatic carbocycles. The standard InChI is InChI=1S/C20H23N5OS/c1-26-18-11-9-17(10-12-18)19-8-5-13-23(19)15-25-20(27)24(21-22-25)14-16-6-3-2-4-7-16/h2-4,6-7,9-12,19H,5,8,13-15H2,1H3/t19-/m1/s1. The third-order valence-corrected chi connectivity index (χ3v) is 5.47. The van der Waals surface area contributed by atoms with E-state index in [0.717, 1.165) is 24.3 Å². The van der Waals surface area contributed by atoms with Gasteiger partial charge in [0, 0.05) is 12.6 Å². The van der Waals surface area contributed by atoms with Crippen LogP contribution in [0.3, 0.4) is 0 Å². The minimum absolute atomic E-state index is 0.372. The number of rotatable bonds is 6. The van der Waals surface area contributed by atoms with Gasteiger partial charge in [0.1, 0.15) is 5.75 Å². The van der Waals surface area contributed by atoms with Crippen molar-refractivity contribution in [2.24, 2.45) is 0 Å². The minimum Gasteiger partial charge on any atom is -0.497 e. The molecule has 0 N–H and O–H groups in total. The first kappa shape index (κ1) is 17.9. The predicted octanol–water partition coefficient (Wildman–Crippen LogP) is 3.66. The number of hydrogen-bond acceptors (Lipinski definition) is 5. The summed E-state index contributed by atoms with van der Waals surface area (Å²) in [7, 11) is 1.69. The SMILES string of the molecule is COc1ccc([C@H]2CCCN2Cn2nnn(Cc3ccccc3)c2=S)cc1. The van der Waals surface area contributed by atoms with Gasteiger partial charge in [0.15, 0.2) is 0 Å². The quantitative estimate of drug-likeness (QED) is 0.610. The lowest BCUT2D eigenvalue weighted by atomic mass is 10.0. The number of ether oxygens (including phenoxy) is 1. The Hall–Kier alpha value is -2.51. The molecule has 2 heterocycles. The van der Waals surface area contributed by atoms with Crippen LogP contribution in [0.5, 0.6) is 5.75 Å². The molecule has 0 amide bonds. The van der Waals surface area contributed by atoms with E-state index in [1.54, 1.807) is 11.8 Å². The van der Waals surface area contributed by atoms with Gasteiger partial charge in [0.25, 0.3) is 0 Å². The largest absolute Gasteiger partial charge is 0.497 e. The zero-order valence-corrected chi connectivity index (χ0v) is 16.2. The highest BCUT2D eigenvalue weighted by Crippen LogP contribution is 2.32. The van der Waals surface area contributed by atoms with Crippen LogP contribution in [0.25, 0.3) is 0 Å². The molecular weight excluding hydrogens is 358 g/mol. The average Bonchev–Trinajstić information content (AvgIpc) is 3.31. The van der Waals surface area contributed by atoms with Gasteiger partial charge in [-0.2, -0.15) is 0 Å².